The highest BCUT2D eigenvalue weighted by atomic mass is 35.5. The molecule has 2 aromatic rings. The zero-order valence-electron chi connectivity index (χ0n) is 19.1. The SMILES string of the molecule is CCCCCCN(CC(=O)N1CCc2ccccc2C1C)C(=O)COc1ccc(Cl)cc1. The summed E-state index contributed by atoms with van der Waals surface area (Å²) in [5, 5.41) is 0.615. The van der Waals surface area contributed by atoms with Crippen molar-refractivity contribution in [3.05, 3.63) is 64.7 Å². The Hall–Kier alpha value is -2.53. The Balaban J connectivity index is 1.63. The van der Waals surface area contributed by atoms with Gasteiger partial charge in [-0.05, 0) is 55.2 Å². The van der Waals surface area contributed by atoms with Crippen molar-refractivity contribution in [1.29, 1.82) is 0 Å². The molecular weight excluding hydrogens is 424 g/mol. The summed E-state index contributed by atoms with van der Waals surface area (Å²) in [6, 6.07) is 15.2. The Labute approximate surface area is 196 Å². The van der Waals surface area contributed by atoms with Gasteiger partial charge in [0.25, 0.3) is 5.91 Å². The topological polar surface area (TPSA) is 49.9 Å². The van der Waals surface area contributed by atoms with Crippen molar-refractivity contribution in [2.24, 2.45) is 0 Å². The molecule has 0 aromatic heterocycles. The van der Waals surface area contributed by atoms with Gasteiger partial charge in [-0.1, -0.05) is 62.1 Å². The summed E-state index contributed by atoms with van der Waals surface area (Å²) in [5.74, 6) is 0.401. The van der Waals surface area contributed by atoms with E-state index in [0.29, 0.717) is 23.9 Å². The Kier molecular flexibility index (Phi) is 8.98. The Bertz CT molecular complexity index is 900. The quantitative estimate of drug-likeness (QED) is 0.457. The predicted molar refractivity (Wildman–Crippen MR) is 128 cm³/mol. The third-order valence-corrected chi connectivity index (χ3v) is 6.30. The minimum absolute atomic E-state index is 0.00908. The van der Waals surface area contributed by atoms with E-state index in [-0.39, 0.29) is 31.0 Å². The van der Waals surface area contributed by atoms with Crippen LogP contribution in [-0.4, -0.2) is 47.9 Å². The number of amides is 2. The molecule has 0 radical (unpaired) electrons. The summed E-state index contributed by atoms with van der Waals surface area (Å²) in [6.45, 7) is 5.45. The highest BCUT2D eigenvalue weighted by molar-refractivity contribution is 6.30. The van der Waals surface area contributed by atoms with Gasteiger partial charge >= 0.3 is 0 Å². The molecule has 1 aliphatic heterocycles. The summed E-state index contributed by atoms with van der Waals surface area (Å²) in [5.41, 5.74) is 2.49. The normalized spacial score (nSPS) is 15.2. The van der Waals surface area contributed by atoms with Gasteiger partial charge in [0.2, 0.25) is 5.91 Å². The standard InChI is InChI=1S/C26H33ClN2O3/c1-3-4-5-8-16-28(26(31)19-32-23-13-11-22(27)12-14-23)18-25(30)29-17-15-21-9-6-7-10-24(21)20(29)2/h6-7,9-14,20H,3-5,8,15-19H2,1-2H3. The van der Waals surface area contributed by atoms with Crippen LogP contribution in [0.2, 0.25) is 5.02 Å². The highest BCUT2D eigenvalue weighted by Gasteiger charge is 2.29. The summed E-state index contributed by atoms with van der Waals surface area (Å²) in [7, 11) is 0. The number of hydrogen-bond donors (Lipinski definition) is 0. The van der Waals surface area contributed by atoms with Crippen LogP contribution in [0.25, 0.3) is 0 Å². The van der Waals surface area contributed by atoms with Crippen LogP contribution in [0.1, 0.15) is 56.7 Å². The Morgan fingerprint density at radius 3 is 2.59 bits per heavy atom. The molecule has 32 heavy (non-hydrogen) atoms. The van der Waals surface area contributed by atoms with Crippen LogP contribution in [0, 0.1) is 0 Å². The van der Waals surface area contributed by atoms with Gasteiger partial charge in [-0.2, -0.15) is 0 Å². The van der Waals surface area contributed by atoms with E-state index < -0.39 is 0 Å². The van der Waals surface area contributed by atoms with Gasteiger partial charge in [0.15, 0.2) is 6.61 Å². The van der Waals surface area contributed by atoms with Crippen molar-refractivity contribution in [3.63, 3.8) is 0 Å². The van der Waals surface area contributed by atoms with Crippen LogP contribution < -0.4 is 4.74 Å². The van der Waals surface area contributed by atoms with Crippen LogP contribution in [0.15, 0.2) is 48.5 Å². The maximum absolute atomic E-state index is 13.2. The van der Waals surface area contributed by atoms with Crippen molar-refractivity contribution in [2.75, 3.05) is 26.2 Å². The van der Waals surface area contributed by atoms with Crippen molar-refractivity contribution >= 4 is 23.4 Å². The van der Waals surface area contributed by atoms with E-state index in [1.54, 1.807) is 29.2 Å². The number of rotatable bonds is 10. The number of halogens is 1. The first kappa shape index (κ1) is 24.1. The third kappa shape index (κ3) is 6.49. The van der Waals surface area contributed by atoms with Crippen molar-refractivity contribution in [3.8, 4) is 5.75 Å². The second-order valence-electron chi connectivity index (χ2n) is 8.33. The maximum Gasteiger partial charge on any atom is 0.260 e. The summed E-state index contributed by atoms with van der Waals surface area (Å²) in [6.07, 6.45) is 5.01. The summed E-state index contributed by atoms with van der Waals surface area (Å²) < 4.78 is 5.65. The molecule has 172 valence electrons. The molecule has 1 unspecified atom stereocenters. The van der Waals surface area contributed by atoms with Crippen molar-refractivity contribution < 1.29 is 14.3 Å². The van der Waals surface area contributed by atoms with Crippen molar-refractivity contribution in [2.45, 2.75) is 52.0 Å². The van der Waals surface area contributed by atoms with Gasteiger partial charge in [0.1, 0.15) is 5.75 Å². The minimum atomic E-state index is -0.171. The number of nitrogens with zero attached hydrogens (tertiary/aromatic N) is 2. The molecule has 1 atom stereocenters. The molecule has 1 heterocycles. The van der Waals surface area contributed by atoms with Crippen molar-refractivity contribution in [1.82, 2.24) is 9.80 Å². The average molecular weight is 457 g/mol. The molecule has 0 saturated carbocycles. The molecule has 0 N–H and O–H groups in total. The largest absolute Gasteiger partial charge is 0.484 e. The van der Waals surface area contributed by atoms with E-state index in [0.717, 1.165) is 32.1 Å². The fourth-order valence-electron chi connectivity index (χ4n) is 4.16. The Morgan fingerprint density at radius 2 is 1.84 bits per heavy atom. The lowest BCUT2D eigenvalue weighted by Gasteiger charge is -2.36. The van der Waals surface area contributed by atoms with E-state index >= 15 is 0 Å². The molecule has 0 fully saturated rings. The number of carbonyl (C=O) groups excluding carboxylic acids is 2. The fourth-order valence-corrected chi connectivity index (χ4v) is 4.28. The lowest BCUT2D eigenvalue weighted by atomic mass is 9.93. The summed E-state index contributed by atoms with van der Waals surface area (Å²) >= 11 is 5.91. The zero-order chi connectivity index (χ0) is 22.9. The smallest absolute Gasteiger partial charge is 0.260 e. The molecule has 0 spiro atoms. The number of carbonyl (C=O) groups is 2. The number of unbranched alkanes of at least 4 members (excludes halogenated alkanes) is 3. The second-order valence-corrected chi connectivity index (χ2v) is 8.77. The molecule has 0 bridgehead atoms. The van der Waals surface area contributed by atoms with Crippen LogP contribution in [-0.2, 0) is 16.0 Å². The predicted octanol–water partition coefficient (Wildman–Crippen LogP) is 5.27. The lowest BCUT2D eigenvalue weighted by molar-refractivity contribution is -0.143. The van der Waals surface area contributed by atoms with Gasteiger partial charge in [-0.15, -0.1) is 0 Å². The van der Waals surface area contributed by atoms with Gasteiger partial charge in [-0.25, -0.2) is 0 Å². The zero-order valence-corrected chi connectivity index (χ0v) is 19.8. The van der Waals surface area contributed by atoms with E-state index in [1.165, 1.54) is 11.1 Å². The van der Waals surface area contributed by atoms with Crippen LogP contribution >= 0.6 is 11.6 Å². The molecule has 6 heteroatoms. The van der Waals surface area contributed by atoms with Crippen LogP contribution in [0.4, 0.5) is 0 Å². The number of fused-ring (bicyclic) bond motifs is 1. The van der Waals surface area contributed by atoms with E-state index in [1.807, 2.05) is 17.0 Å². The summed E-state index contributed by atoms with van der Waals surface area (Å²) in [4.78, 5) is 29.7. The fraction of sp³-hybridized carbons (Fsp3) is 0.462. The first-order valence-corrected chi connectivity index (χ1v) is 11.9. The highest BCUT2D eigenvalue weighted by Crippen LogP contribution is 2.29. The van der Waals surface area contributed by atoms with Gasteiger partial charge in [0, 0.05) is 18.1 Å². The van der Waals surface area contributed by atoms with Crippen LogP contribution in [0.5, 0.6) is 5.75 Å². The van der Waals surface area contributed by atoms with E-state index in [9.17, 15) is 9.59 Å². The lowest BCUT2D eigenvalue weighted by Crippen LogP contribution is -2.47. The molecule has 3 rings (SSSR count). The first-order valence-electron chi connectivity index (χ1n) is 11.5. The monoisotopic (exact) mass is 456 g/mol. The molecule has 0 aliphatic carbocycles. The third-order valence-electron chi connectivity index (χ3n) is 6.05. The number of hydrogen-bond acceptors (Lipinski definition) is 3. The molecule has 5 nitrogen and oxygen atoms in total. The van der Waals surface area contributed by atoms with Gasteiger partial charge in [-0.3, -0.25) is 9.59 Å². The molecule has 0 saturated heterocycles. The molecule has 1 aliphatic rings. The van der Waals surface area contributed by atoms with Gasteiger partial charge < -0.3 is 14.5 Å². The molecular formula is C26H33ClN2O3. The maximum atomic E-state index is 13.2. The second kappa shape index (κ2) is 11.9. The number of ether oxygens (including phenoxy) is 1. The number of benzene rings is 2. The van der Waals surface area contributed by atoms with Crippen LogP contribution in [0.3, 0.4) is 0 Å². The van der Waals surface area contributed by atoms with E-state index in [2.05, 4.69) is 26.0 Å². The Morgan fingerprint density at radius 1 is 1.09 bits per heavy atom. The van der Waals surface area contributed by atoms with E-state index in [4.69, 9.17) is 16.3 Å². The van der Waals surface area contributed by atoms with Gasteiger partial charge in [0.05, 0.1) is 12.6 Å². The average Bonchev–Trinajstić information content (AvgIpc) is 2.80. The molecule has 2 amide bonds. The molecule has 2 aromatic carbocycles. The minimum Gasteiger partial charge on any atom is -0.484 e. The first-order chi connectivity index (χ1) is 15.5.